The maximum absolute atomic E-state index is 12.8. The topological polar surface area (TPSA) is 80.6 Å². The van der Waals surface area contributed by atoms with Crippen LogP contribution in [-0.2, 0) is 24.1 Å². The van der Waals surface area contributed by atoms with Crippen molar-refractivity contribution in [1.82, 2.24) is 5.32 Å². The fourth-order valence-electron chi connectivity index (χ4n) is 3.81. The van der Waals surface area contributed by atoms with Crippen LogP contribution >= 0.6 is 11.3 Å². The molecule has 0 aliphatic heterocycles. The Kier molecular flexibility index (Phi) is 5.58. The number of hydrogen-bond acceptors (Lipinski definition) is 5. The molecule has 0 fully saturated rings. The summed E-state index contributed by atoms with van der Waals surface area (Å²) in [6.45, 7) is 2.45. The molecule has 0 saturated heterocycles. The molecule has 2 aromatic heterocycles. The van der Waals surface area contributed by atoms with Crippen molar-refractivity contribution in [2.24, 2.45) is 0 Å². The number of carbonyl (C=O) groups excluding carboxylic acids is 2. The van der Waals surface area contributed by atoms with Crippen molar-refractivity contribution in [1.29, 1.82) is 0 Å². The molecule has 1 aliphatic carbocycles. The van der Waals surface area contributed by atoms with Crippen LogP contribution in [-0.4, -0.2) is 25.5 Å². The Balaban J connectivity index is 1.59. The van der Waals surface area contributed by atoms with Gasteiger partial charge in [-0.25, -0.2) is 0 Å². The summed E-state index contributed by atoms with van der Waals surface area (Å²) < 4.78 is 10.8. The van der Waals surface area contributed by atoms with Gasteiger partial charge in [-0.05, 0) is 56.4 Å². The minimum absolute atomic E-state index is 0.110. The van der Waals surface area contributed by atoms with Crippen molar-refractivity contribution in [3.63, 3.8) is 0 Å². The second kappa shape index (κ2) is 8.29. The molecule has 4 rings (SSSR count). The molecule has 0 unspecified atom stereocenters. The molecule has 0 radical (unpaired) electrons. The van der Waals surface area contributed by atoms with Gasteiger partial charge < -0.3 is 19.8 Å². The molecular weight excluding hydrogens is 388 g/mol. The number of thiophene rings is 1. The summed E-state index contributed by atoms with van der Waals surface area (Å²) in [5, 5.41) is 7.37. The third-order valence-electron chi connectivity index (χ3n) is 5.20. The number of aryl methyl sites for hydroxylation is 1. The van der Waals surface area contributed by atoms with Gasteiger partial charge in [-0.2, -0.15) is 0 Å². The molecule has 1 aliphatic rings. The van der Waals surface area contributed by atoms with Gasteiger partial charge in [0.2, 0.25) is 5.91 Å². The van der Waals surface area contributed by atoms with Gasteiger partial charge in [0.1, 0.15) is 16.3 Å². The first-order valence-electron chi connectivity index (χ1n) is 9.87. The number of carbonyl (C=O) groups is 2. The summed E-state index contributed by atoms with van der Waals surface area (Å²) >= 11 is 1.53. The number of hydrogen-bond donors (Lipinski definition) is 2. The number of nitrogens with one attached hydrogen (secondary N) is 2. The van der Waals surface area contributed by atoms with Crippen LogP contribution in [0.3, 0.4) is 0 Å². The molecule has 0 bridgehead atoms. The van der Waals surface area contributed by atoms with E-state index in [9.17, 15) is 9.59 Å². The highest BCUT2D eigenvalue weighted by molar-refractivity contribution is 7.17. The number of benzene rings is 1. The lowest BCUT2D eigenvalue weighted by Crippen LogP contribution is -2.25. The van der Waals surface area contributed by atoms with Crippen LogP contribution in [0.4, 0.5) is 5.00 Å². The Labute approximate surface area is 173 Å². The van der Waals surface area contributed by atoms with Gasteiger partial charge in [0, 0.05) is 22.4 Å². The molecule has 29 heavy (non-hydrogen) atoms. The van der Waals surface area contributed by atoms with E-state index in [4.69, 9.17) is 9.15 Å². The summed E-state index contributed by atoms with van der Waals surface area (Å²) in [4.78, 5) is 26.7. The van der Waals surface area contributed by atoms with Crippen LogP contribution in [0, 0.1) is 0 Å². The SMILES string of the molecule is CCNC(=O)c1c(NC(=O)Cc2coc3ccc(OC)cc23)sc2c1CCCC2. The van der Waals surface area contributed by atoms with E-state index in [-0.39, 0.29) is 18.2 Å². The van der Waals surface area contributed by atoms with Gasteiger partial charge in [-0.1, -0.05) is 0 Å². The lowest BCUT2D eigenvalue weighted by Gasteiger charge is -2.12. The van der Waals surface area contributed by atoms with E-state index >= 15 is 0 Å². The predicted octanol–water partition coefficient (Wildman–Crippen LogP) is 4.31. The molecule has 1 aromatic carbocycles. The Morgan fingerprint density at radius 2 is 2.07 bits per heavy atom. The van der Waals surface area contributed by atoms with E-state index in [1.807, 2.05) is 25.1 Å². The third kappa shape index (κ3) is 3.87. The summed E-state index contributed by atoms with van der Waals surface area (Å²) in [7, 11) is 1.61. The molecule has 0 atom stereocenters. The van der Waals surface area contributed by atoms with Gasteiger partial charge in [0.25, 0.3) is 5.91 Å². The van der Waals surface area contributed by atoms with Crippen LogP contribution in [0.15, 0.2) is 28.9 Å². The molecule has 2 amide bonds. The van der Waals surface area contributed by atoms with Crippen LogP contribution < -0.4 is 15.4 Å². The van der Waals surface area contributed by atoms with E-state index in [0.29, 0.717) is 28.4 Å². The molecular formula is C22H24N2O4S. The first-order valence-corrected chi connectivity index (χ1v) is 10.7. The van der Waals surface area contributed by atoms with Crippen molar-refractivity contribution in [3.8, 4) is 5.75 Å². The first-order chi connectivity index (χ1) is 14.1. The predicted molar refractivity (Wildman–Crippen MR) is 114 cm³/mol. The number of amides is 2. The smallest absolute Gasteiger partial charge is 0.254 e. The molecule has 0 spiro atoms. The van der Waals surface area contributed by atoms with E-state index in [2.05, 4.69) is 10.6 Å². The second-order valence-electron chi connectivity index (χ2n) is 7.12. The lowest BCUT2D eigenvalue weighted by molar-refractivity contribution is -0.115. The van der Waals surface area contributed by atoms with Crippen molar-refractivity contribution in [3.05, 3.63) is 46.0 Å². The van der Waals surface area contributed by atoms with Crippen molar-refractivity contribution in [2.45, 2.75) is 39.0 Å². The zero-order chi connectivity index (χ0) is 20.4. The van der Waals surface area contributed by atoms with E-state index < -0.39 is 0 Å². The number of furan rings is 1. The summed E-state index contributed by atoms with van der Waals surface area (Å²) in [6.07, 6.45) is 5.82. The third-order valence-corrected chi connectivity index (χ3v) is 6.41. The van der Waals surface area contributed by atoms with Crippen molar-refractivity contribution in [2.75, 3.05) is 19.0 Å². The maximum Gasteiger partial charge on any atom is 0.254 e. The molecule has 2 heterocycles. The molecule has 0 saturated carbocycles. The highest BCUT2D eigenvalue weighted by atomic mass is 32.1. The molecule has 3 aromatic rings. The van der Waals surface area contributed by atoms with Gasteiger partial charge in [0.05, 0.1) is 25.4 Å². The fourth-order valence-corrected chi connectivity index (χ4v) is 5.11. The second-order valence-corrected chi connectivity index (χ2v) is 8.23. The zero-order valence-electron chi connectivity index (χ0n) is 16.6. The molecule has 6 nitrogen and oxygen atoms in total. The number of anilines is 1. The highest BCUT2D eigenvalue weighted by Crippen LogP contribution is 2.38. The lowest BCUT2D eigenvalue weighted by atomic mass is 9.95. The number of methoxy groups -OCH3 is 1. The Hall–Kier alpha value is -2.80. The molecule has 152 valence electrons. The van der Waals surface area contributed by atoms with Gasteiger partial charge in [-0.15, -0.1) is 11.3 Å². The first kappa shape index (κ1) is 19.5. The zero-order valence-corrected chi connectivity index (χ0v) is 17.4. The van der Waals surface area contributed by atoms with Gasteiger partial charge in [0.15, 0.2) is 0 Å². The molecule has 2 N–H and O–H groups in total. The summed E-state index contributed by atoms with van der Waals surface area (Å²) in [6, 6.07) is 5.52. The van der Waals surface area contributed by atoms with E-state index in [1.54, 1.807) is 13.4 Å². The van der Waals surface area contributed by atoms with E-state index in [1.165, 1.54) is 16.2 Å². The maximum atomic E-state index is 12.8. The quantitative estimate of drug-likeness (QED) is 0.632. The molecule has 7 heteroatoms. The minimum Gasteiger partial charge on any atom is -0.497 e. The summed E-state index contributed by atoms with van der Waals surface area (Å²) in [5.41, 5.74) is 3.24. The standard InChI is InChI=1S/C22H24N2O4S/c1-3-23-21(26)20-15-6-4-5-7-18(15)29-22(20)24-19(25)10-13-12-28-17-9-8-14(27-2)11-16(13)17/h8-9,11-12H,3-7,10H2,1-2H3,(H,23,26)(H,24,25). The van der Waals surface area contributed by atoms with Crippen LogP contribution in [0.25, 0.3) is 11.0 Å². The fraction of sp³-hybridized carbons (Fsp3) is 0.364. The normalized spacial score (nSPS) is 13.2. The van der Waals surface area contributed by atoms with Crippen molar-refractivity contribution >= 4 is 39.1 Å². The van der Waals surface area contributed by atoms with Crippen LogP contribution in [0.1, 0.15) is 46.1 Å². The average Bonchev–Trinajstić information content (AvgIpc) is 3.28. The number of rotatable bonds is 6. The Morgan fingerprint density at radius 1 is 1.24 bits per heavy atom. The largest absolute Gasteiger partial charge is 0.497 e. The minimum atomic E-state index is -0.167. The monoisotopic (exact) mass is 412 g/mol. The van der Waals surface area contributed by atoms with Crippen molar-refractivity contribution < 1.29 is 18.7 Å². The Morgan fingerprint density at radius 3 is 2.86 bits per heavy atom. The number of ether oxygens (including phenoxy) is 1. The average molecular weight is 413 g/mol. The highest BCUT2D eigenvalue weighted by Gasteiger charge is 2.26. The van der Waals surface area contributed by atoms with E-state index in [0.717, 1.165) is 42.2 Å². The van der Waals surface area contributed by atoms with Gasteiger partial charge >= 0.3 is 0 Å². The van der Waals surface area contributed by atoms with Crippen LogP contribution in [0.5, 0.6) is 5.75 Å². The van der Waals surface area contributed by atoms with Crippen LogP contribution in [0.2, 0.25) is 0 Å². The van der Waals surface area contributed by atoms with Gasteiger partial charge in [-0.3, -0.25) is 9.59 Å². The Bertz CT molecular complexity index is 1070. The summed E-state index contributed by atoms with van der Waals surface area (Å²) in [5.74, 6) is 0.436. The number of fused-ring (bicyclic) bond motifs is 2.